The Kier molecular flexibility index (Phi) is 7.33. The summed E-state index contributed by atoms with van der Waals surface area (Å²) < 4.78 is 12.3. The number of carbonyl (C=O) groups is 2. The van der Waals surface area contributed by atoms with Crippen molar-refractivity contribution in [2.45, 2.75) is 38.2 Å². The van der Waals surface area contributed by atoms with Crippen LogP contribution in [-0.2, 0) is 9.53 Å². The number of thiazole rings is 1. The van der Waals surface area contributed by atoms with E-state index in [1.807, 2.05) is 17.9 Å². The highest BCUT2D eigenvalue weighted by molar-refractivity contribution is 7.07. The number of benzene rings is 1. The van der Waals surface area contributed by atoms with Gasteiger partial charge in [0, 0.05) is 30.0 Å². The minimum Gasteiger partial charge on any atom is -0.490 e. The molecule has 0 spiro atoms. The zero-order chi connectivity index (χ0) is 22.6. The summed E-state index contributed by atoms with van der Waals surface area (Å²) in [6.07, 6.45) is 3.37. The predicted molar refractivity (Wildman–Crippen MR) is 123 cm³/mol. The third-order valence-electron chi connectivity index (χ3n) is 6.00. The number of aryl methyl sites for hydroxylation is 1. The summed E-state index contributed by atoms with van der Waals surface area (Å²) in [5, 5.41) is 2.41. The van der Waals surface area contributed by atoms with Gasteiger partial charge < -0.3 is 19.3 Å². The lowest BCUT2D eigenvalue weighted by molar-refractivity contribution is -0.153. The monoisotopic (exact) mass is 477 g/mol. The van der Waals surface area contributed by atoms with Crippen LogP contribution < -0.4 is 4.74 Å². The van der Waals surface area contributed by atoms with Gasteiger partial charge in [0.1, 0.15) is 23.7 Å². The SMILES string of the molecule is Cc1cc(OC[C@]2(CC(=O)N3CCCCC3)CN(C(=O)c3cscn3)CCO2)ccc1Cl. The molecule has 2 saturated heterocycles. The van der Waals surface area contributed by atoms with Crippen molar-refractivity contribution in [1.29, 1.82) is 0 Å². The largest absolute Gasteiger partial charge is 0.490 e. The molecule has 1 aromatic carbocycles. The molecular formula is C23H28ClN3O4S. The number of hydrogen-bond acceptors (Lipinski definition) is 6. The molecule has 2 amide bonds. The first kappa shape index (κ1) is 23.0. The highest BCUT2D eigenvalue weighted by Gasteiger charge is 2.42. The molecule has 172 valence electrons. The van der Waals surface area contributed by atoms with Gasteiger partial charge in [-0.3, -0.25) is 9.59 Å². The van der Waals surface area contributed by atoms with Gasteiger partial charge in [-0.15, -0.1) is 11.3 Å². The lowest BCUT2D eigenvalue weighted by atomic mass is 9.96. The number of hydrogen-bond donors (Lipinski definition) is 0. The molecule has 0 saturated carbocycles. The number of aromatic nitrogens is 1. The molecule has 32 heavy (non-hydrogen) atoms. The van der Waals surface area contributed by atoms with E-state index in [0.29, 0.717) is 29.6 Å². The maximum atomic E-state index is 13.1. The van der Waals surface area contributed by atoms with Crippen LogP contribution in [0.25, 0.3) is 0 Å². The van der Waals surface area contributed by atoms with E-state index in [4.69, 9.17) is 21.1 Å². The molecule has 1 atom stereocenters. The Morgan fingerprint density at radius 1 is 1.22 bits per heavy atom. The molecule has 0 aliphatic carbocycles. The summed E-state index contributed by atoms with van der Waals surface area (Å²) in [5.41, 5.74) is 2.05. The Hall–Kier alpha value is -2.16. The number of nitrogens with zero attached hydrogens (tertiary/aromatic N) is 3. The molecule has 0 unspecified atom stereocenters. The van der Waals surface area contributed by atoms with Crippen LogP contribution in [0.1, 0.15) is 41.7 Å². The second-order valence-electron chi connectivity index (χ2n) is 8.45. The number of morpholine rings is 1. The van der Waals surface area contributed by atoms with Gasteiger partial charge >= 0.3 is 0 Å². The van der Waals surface area contributed by atoms with Crippen molar-refractivity contribution >= 4 is 34.8 Å². The van der Waals surface area contributed by atoms with Crippen LogP contribution >= 0.6 is 22.9 Å². The number of carbonyl (C=O) groups excluding carboxylic acids is 2. The van der Waals surface area contributed by atoms with Gasteiger partial charge in [0.05, 0.1) is 25.1 Å². The maximum absolute atomic E-state index is 13.1. The number of halogens is 1. The third-order valence-corrected chi connectivity index (χ3v) is 7.01. The normalized spacial score (nSPS) is 21.4. The van der Waals surface area contributed by atoms with E-state index in [-0.39, 0.29) is 31.4 Å². The van der Waals surface area contributed by atoms with Crippen molar-refractivity contribution in [2.75, 3.05) is 39.4 Å². The number of piperidine rings is 1. The van der Waals surface area contributed by atoms with E-state index in [1.165, 1.54) is 11.3 Å². The first-order valence-corrected chi connectivity index (χ1v) is 12.3. The quantitative estimate of drug-likeness (QED) is 0.632. The summed E-state index contributed by atoms with van der Waals surface area (Å²) in [7, 11) is 0. The minimum atomic E-state index is -0.925. The molecule has 4 rings (SSSR count). The van der Waals surface area contributed by atoms with E-state index in [2.05, 4.69) is 4.98 Å². The van der Waals surface area contributed by atoms with Crippen LogP contribution in [0.5, 0.6) is 5.75 Å². The fourth-order valence-electron chi connectivity index (χ4n) is 4.20. The molecule has 2 aliphatic rings. The molecule has 2 fully saturated rings. The Morgan fingerprint density at radius 2 is 2.03 bits per heavy atom. The first-order chi connectivity index (χ1) is 15.5. The second-order valence-corrected chi connectivity index (χ2v) is 9.58. The van der Waals surface area contributed by atoms with Gasteiger partial charge in [-0.05, 0) is 49.9 Å². The van der Waals surface area contributed by atoms with Crippen molar-refractivity contribution < 1.29 is 19.1 Å². The first-order valence-electron chi connectivity index (χ1n) is 10.9. The molecule has 2 aliphatic heterocycles. The molecule has 1 aromatic heterocycles. The highest BCUT2D eigenvalue weighted by Crippen LogP contribution is 2.28. The van der Waals surface area contributed by atoms with Crippen LogP contribution in [0.2, 0.25) is 5.02 Å². The molecule has 7 nitrogen and oxygen atoms in total. The van der Waals surface area contributed by atoms with E-state index < -0.39 is 5.60 Å². The molecule has 0 bridgehead atoms. The smallest absolute Gasteiger partial charge is 0.273 e. The van der Waals surface area contributed by atoms with Crippen molar-refractivity contribution in [3.05, 3.63) is 45.4 Å². The average molecular weight is 478 g/mol. The Labute approximate surface area is 197 Å². The van der Waals surface area contributed by atoms with Crippen LogP contribution in [0, 0.1) is 6.92 Å². The molecule has 9 heteroatoms. The van der Waals surface area contributed by atoms with Crippen LogP contribution in [0.3, 0.4) is 0 Å². The lowest BCUT2D eigenvalue weighted by Crippen LogP contribution is -2.58. The van der Waals surface area contributed by atoms with E-state index in [9.17, 15) is 9.59 Å². The molecule has 0 N–H and O–H groups in total. The zero-order valence-corrected chi connectivity index (χ0v) is 19.8. The molecular weight excluding hydrogens is 450 g/mol. The minimum absolute atomic E-state index is 0.0449. The van der Waals surface area contributed by atoms with Crippen molar-refractivity contribution in [2.24, 2.45) is 0 Å². The fraction of sp³-hybridized carbons (Fsp3) is 0.522. The van der Waals surface area contributed by atoms with Crippen LogP contribution in [0.4, 0.5) is 0 Å². The molecule has 2 aromatic rings. The van der Waals surface area contributed by atoms with E-state index >= 15 is 0 Å². The Balaban J connectivity index is 1.52. The zero-order valence-electron chi connectivity index (χ0n) is 18.2. The van der Waals surface area contributed by atoms with Crippen molar-refractivity contribution in [3.8, 4) is 5.75 Å². The van der Waals surface area contributed by atoms with Crippen LogP contribution in [0.15, 0.2) is 29.1 Å². The standard InChI is InChI=1S/C23H28ClN3O4S/c1-17-11-18(5-6-19(17)24)30-15-23(12-21(28)26-7-3-2-4-8-26)14-27(9-10-31-23)22(29)20-13-32-16-25-20/h5-6,11,13,16H,2-4,7-10,12,14-15H2,1H3/t23-/m0/s1. The topological polar surface area (TPSA) is 72.0 Å². The van der Waals surface area contributed by atoms with Crippen molar-refractivity contribution in [1.82, 2.24) is 14.8 Å². The van der Waals surface area contributed by atoms with Gasteiger partial charge in [-0.1, -0.05) is 11.6 Å². The molecule has 0 radical (unpaired) electrons. The van der Waals surface area contributed by atoms with Gasteiger partial charge in [0.25, 0.3) is 5.91 Å². The summed E-state index contributed by atoms with van der Waals surface area (Å²) in [4.78, 5) is 33.9. The number of amides is 2. The Bertz CT molecular complexity index is 949. The second kappa shape index (κ2) is 10.2. The number of rotatable bonds is 6. The number of ether oxygens (including phenoxy) is 2. The lowest BCUT2D eigenvalue weighted by Gasteiger charge is -2.43. The number of likely N-dealkylation sites (tertiary alicyclic amines) is 1. The molecule has 3 heterocycles. The van der Waals surface area contributed by atoms with Crippen molar-refractivity contribution in [3.63, 3.8) is 0 Å². The summed E-state index contributed by atoms with van der Waals surface area (Å²) in [6.45, 7) is 4.68. The summed E-state index contributed by atoms with van der Waals surface area (Å²) >= 11 is 7.52. The van der Waals surface area contributed by atoms with E-state index in [0.717, 1.165) is 37.9 Å². The Morgan fingerprint density at radius 3 is 2.75 bits per heavy atom. The maximum Gasteiger partial charge on any atom is 0.273 e. The highest BCUT2D eigenvalue weighted by atomic mass is 35.5. The predicted octanol–water partition coefficient (Wildman–Crippen LogP) is 3.80. The van der Waals surface area contributed by atoms with Gasteiger partial charge in [0.15, 0.2) is 0 Å². The van der Waals surface area contributed by atoms with Gasteiger partial charge in [-0.2, -0.15) is 0 Å². The fourth-order valence-corrected chi connectivity index (χ4v) is 4.84. The summed E-state index contributed by atoms with van der Waals surface area (Å²) in [5.74, 6) is 0.554. The van der Waals surface area contributed by atoms with Gasteiger partial charge in [0.2, 0.25) is 5.91 Å². The third kappa shape index (κ3) is 5.42. The summed E-state index contributed by atoms with van der Waals surface area (Å²) in [6, 6.07) is 5.46. The van der Waals surface area contributed by atoms with E-state index in [1.54, 1.807) is 27.9 Å². The van der Waals surface area contributed by atoms with Crippen LogP contribution in [-0.4, -0.2) is 71.6 Å². The average Bonchev–Trinajstić information content (AvgIpc) is 3.35. The van der Waals surface area contributed by atoms with Gasteiger partial charge in [-0.25, -0.2) is 4.98 Å².